The van der Waals surface area contributed by atoms with Gasteiger partial charge in [0, 0.05) is 0 Å². The zero-order chi connectivity index (χ0) is 9.44. The first kappa shape index (κ1) is 23.9. The summed E-state index contributed by atoms with van der Waals surface area (Å²) in [5.41, 5.74) is 0. The normalized spacial score (nSPS) is 12.7. The van der Waals surface area contributed by atoms with E-state index in [0.717, 1.165) is 0 Å². The van der Waals surface area contributed by atoms with Gasteiger partial charge in [0.2, 0.25) is 0 Å². The van der Waals surface area contributed by atoms with Gasteiger partial charge in [-0.15, -0.1) is 15.0 Å². The third-order valence-corrected chi connectivity index (χ3v) is 1.05. The summed E-state index contributed by atoms with van der Waals surface area (Å²) in [6, 6.07) is 0. The Hall–Kier alpha value is 1.44. The van der Waals surface area contributed by atoms with Gasteiger partial charge in [0.15, 0.2) is 0 Å². The minimum Gasteiger partial charge on any atom is -0.784 e. The first-order valence-electron chi connectivity index (χ1n) is 1.53. The molecule has 0 spiro atoms. The molecule has 0 saturated heterocycles. The van der Waals surface area contributed by atoms with Gasteiger partial charge in [0.1, 0.15) is 0 Å². The SMILES string of the molecule is O=S(O)OS(=O)O.O=S([O-])[O-].[Li+].[Li+]. The summed E-state index contributed by atoms with van der Waals surface area (Å²) in [5, 5.41) is 0. The second-order valence-electron chi connectivity index (χ2n) is 0.706. The zero-order valence-electron chi connectivity index (χ0n) is 6.57. The molecule has 0 aromatic heterocycles. The molecule has 13 heteroatoms. The van der Waals surface area contributed by atoms with Crippen LogP contribution in [-0.2, 0) is 37.7 Å². The topological polar surface area (TPSA) is 147 Å². The molecule has 0 aliphatic carbocycles. The summed E-state index contributed by atoms with van der Waals surface area (Å²) in [6.07, 6.45) is 0. The Bertz CT molecular complexity index is 151. The van der Waals surface area contributed by atoms with E-state index in [1.807, 2.05) is 0 Å². The molecule has 0 amide bonds. The third kappa shape index (κ3) is 59.4. The molecule has 0 heterocycles. The average Bonchev–Trinajstić information content (AvgIpc) is 1.56. The molecule has 0 radical (unpaired) electrons. The maximum atomic E-state index is 9.35. The molecule has 0 atom stereocenters. The van der Waals surface area contributed by atoms with Gasteiger partial charge in [-0.05, 0) is 0 Å². The number of rotatable bonds is 2. The molecule has 0 aromatic carbocycles. The third-order valence-electron chi connectivity index (χ3n) is 0.116. The van der Waals surface area contributed by atoms with E-state index in [9.17, 15) is 8.42 Å². The Labute approximate surface area is 106 Å². The minimum atomic E-state index is -3.11. The smallest absolute Gasteiger partial charge is 0.784 e. The Balaban J connectivity index is -0.0000000600. The van der Waals surface area contributed by atoms with Crippen LogP contribution in [0.3, 0.4) is 0 Å². The molecular weight excluding hydrogens is 238 g/mol. The van der Waals surface area contributed by atoms with E-state index < -0.39 is 34.1 Å². The van der Waals surface area contributed by atoms with Crippen molar-refractivity contribution in [1.29, 1.82) is 0 Å². The van der Waals surface area contributed by atoms with Gasteiger partial charge in [-0.25, -0.2) is 0 Å². The van der Waals surface area contributed by atoms with Gasteiger partial charge in [0.25, 0.3) is 0 Å². The first-order chi connectivity index (χ1) is 4.86. The van der Waals surface area contributed by atoms with E-state index in [2.05, 4.69) is 3.63 Å². The average molecular weight is 240 g/mol. The van der Waals surface area contributed by atoms with Gasteiger partial charge in [-0.1, -0.05) is 0 Å². The summed E-state index contributed by atoms with van der Waals surface area (Å²) < 4.78 is 62.6. The van der Waals surface area contributed by atoms with Crippen LogP contribution in [0.2, 0.25) is 0 Å². The summed E-state index contributed by atoms with van der Waals surface area (Å²) in [6.45, 7) is 0. The molecule has 0 rings (SSSR count). The van der Waals surface area contributed by atoms with Crippen LogP contribution >= 0.6 is 0 Å². The van der Waals surface area contributed by atoms with Crippen molar-refractivity contribution in [1.82, 2.24) is 0 Å². The van der Waals surface area contributed by atoms with E-state index in [0.29, 0.717) is 0 Å². The van der Waals surface area contributed by atoms with E-state index in [1.54, 1.807) is 0 Å². The van der Waals surface area contributed by atoms with Crippen molar-refractivity contribution in [3.05, 3.63) is 0 Å². The first-order valence-corrected chi connectivity index (χ1v) is 4.60. The summed E-state index contributed by atoms with van der Waals surface area (Å²) >= 11 is -8.40. The van der Waals surface area contributed by atoms with Crippen molar-refractivity contribution in [3.8, 4) is 0 Å². The van der Waals surface area contributed by atoms with Crippen molar-refractivity contribution >= 4 is 34.1 Å². The fourth-order valence-corrected chi connectivity index (χ4v) is 0.448. The van der Waals surface area contributed by atoms with E-state index in [1.165, 1.54) is 0 Å². The number of hydrogen-bond donors (Lipinski definition) is 2. The molecule has 0 aromatic rings. The summed E-state index contributed by atoms with van der Waals surface area (Å²) in [7, 11) is 0. The van der Waals surface area contributed by atoms with Crippen LogP contribution in [0.25, 0.3) is 0 Å². The van der Waals surface area contributed by atoms with Gasteiger partial charge >= 0.3 is 60.4 Å². The molecule has 0 bridgehead atoms. The Morgan fingerprint density at radius 1 is 0.923 bits per heavy atom. The quantitative estimate of drug-likeness (QED) is 0.357. The van der Waals surface area contributed by atoms with Crippen LogP contribution in [0.1, 0.15) is 0 Å². The van der Waals surface area contributed by atoms with Crippen LogP contribution in [0.15, 0.2) is 0 Å². The van der Waals surface area contributed by atoms with E-state index in [4.69, 9.17) is 22.4 Å². The standard InChI is InChI=1S/2Li.H2O5S2.H2O3S/c;;1-6(2)5-7(3)4;1-4(2)3/h;;(H,1,2)(H,3,4);(H2,1,2,3)/q2*+1;;/p-2. The molecule has 8 nitrogen and oxygen atoms in total. The molecule has 0 saturated carbocycles. The molecule has 13 heavy (non-hydrogen) atoms. The second kappa shape index (κ2) is 15.9. The molecule has 0 fully saturated rings. The maximum Gasteiger partial charge on any atom is 1.00 e. The van der Waals surface area contributed by atoms with Crippen LogP contribution < -0.4 is 37.7 Å². The number of hydrogen-bond acceptors (Lipinski definition) is 6. The van der Waals surface area contributed by atoms with Crippen molar-refractivity contribution < 1.29 is 72.2 Å². The predicted molar refractivity (Wildman–Crippen MR) is 32.3 cm³/mol. The van der Waals surface area contributed by atoms with Crippen LogP contribution in [0, 0.1) is 0 Å². The summed E-state index contributed by atoms with van der Waals surface area (Å²) in [4.78, 5) is 0. The Kier molecular flexibility index (Phi) is 29.3. The summed E-state index contributed by atoms with van der Waals surface area (Å²) in [5.74, 6) is 0. The molecule has 2 N–H and O–H groups in total. The van der Waals surface area contributed by atoms with E-state index in [-0.39, 0.29) is 37.7 Å². The van der Waals surface area contributed by atoms with Crippen LogP contribution in [0.4, 0.5) is 0 Å². The van der Waals surface area contributed by atoms with Crippen LogP contribution in [-0.4, -0.2) is 30.8 Å². The Morgan fingerprint density at radius 2 is 1.08 bits per heavy atom. The monoisotopic (exact) mass is 240 g/mol. The van der Waals surface area contributed by atoms with Gasteiger partial charge in [-0.3, -0.25) is 13.3 Å². The fourth-order valence-electron chi connectivity index (χ4n) is 0.0498. The van der Waals surface area contributed by atoms with Crippen LogP contribution in [0.5, 0.6) is 0 Å². The Morgan fingerprint density at radius 3 is 1.08 bits per heavy atom. The van der Waals surface area contributed by atoms with Crippen molar-refractivity contribution in [2.24, 2.45) is 0 Å². The molecule has 0 aliphatic heterocycles. The zero-order valence-corrected chi connectivity index (χ0v) is 9.02. The molecular formula is H2Li2O8S3. The van der Waals surface area contributed by atoms with Crippen molar-refractivity contribution in [3.63, 3.8) is 0 Å². The molecule has 70 valence electrons. The molecule has 0 aliphatic rings. The minimum absolute atomic E-state index is 0. The van der Waals surface area contributed by atoms with Gasteiger partial charge in [0.05, 0.1) is 0 Å². The predicted octanol–water partition coefficient (Wildman–Crippen LogP) is -7.72. The van der Waals surface area contributed by atoms with Gasteiger partial charge < -0.3 is 9.11 Å². The molecule has 0 unspecified atom stereocenters. The van der Waals surface area contributed by atoms with Gasteiger partial charge in [-0.2, -0.15) is 8.42 Å². The maximum absolute atomic E-state index is 9.35. The van der Waals surface area contributed by atoms with Crippen molar-refractivity contribution in [2.75, 3.05) is 0 Å². The van der Waals surface area contributed by atoms with E-state index >= 15 is 0 Å². The van der Waals surface area contributed by atoms with Crippen molar-refractivity contribution in [2.45, 2.75) is 0 Å². The largest absolute Gasteiger partial charge is 1.00 e. The second-order valence-corrected chi connectivity index (χ2v) is 2.53. The fraction of sp³-hybridized carbons (Fsp3) is 0.